The van der Waals surface area contributed by atoms with Crippen LogP contribution in [0.2, 0.25) is 0 Å². The molecule has 0 atom stereocenters. The van der Waals surface area contributed by atoms with E-state index in [4.69, 9.17) is 34.4 Å². The maximum Gasteiger partial charge on any atom is 0.490 e. The van der Waals surface area contributed by atoms with Crippen molar-refractivity contribution in [1.29, 1.82) is 0 Å². The lowest BCUT2D eigenvalue weighted by Gasteiger charge is -2.16. The van der Waals surface area contributed by atoms with Gasteiger partial charge in [0.25, 0.3) is 0 Å². The molecule has 2 aromatic rings. The van der Waals surface area contributed by atoms with Gasteiger partial charge in [-0.3, -0.25) is 0 Å². The van der Waals surface area contributed by atoms with Gasteiger partial charge in [-0.1, -0.05) is 6.07 Å². The average Bonchev–Trinajstić information content (AvgIpc) is 3.33. The third-order valence-corrected chi connectivity index (χ3v) is 4.97. The summed E-state index contributed by atoms with van der Waals surface area (Å²) in [6, 6.07) is 8.33. The van der Waals surface area contributed by atoms with Gasteiger partial charge in [0, 0.05) is 43.5 Å². The summed E-state index contributed by atoms with van der Waals surface area (Å²) in [5.41, 5.74) is 3.07. The van der Waals surface area contributed by atoms with Crippen LogP contribution in [0, 0.1) is 0 Å². The van der Waals surface area contributed by atoms with Crippen molar-refractivity contribution in [1.82, 2.24) is 15.3 Å². The minimum Gasteiger partial charge on any atom is -0.476 e. The molecule has 2 aromatic heterocycles. The minimum absolute atomic E-state index is 0.662. The van der Waals surface area contributed by atoms with Crippen LogP contribution >= 0.6 is 0 Å². The molecule has 0 spiro atoms. The number of halogens is 9. The molecule has 0 bridgehead atoms. The van der Waals surface area contributed by atoms with E-state index in [-0.39, 0.29) is 0 Å². The van der Waals surface area contributed by atoms with Gasteiger partial charge in [-0.25, -0.2) is 24.4 Å². The Hall–Kier alpha value is -4.36. The molecule has 11 nitrogen and oxygen atoms in total. The van der Waals surface area contributed by atoms with E-state index in [9.17, 15) is 39.5 Å². The van der Waals surface area contributed by atoms with Crippen LogP contribution in [0.15, 0.2) is 30.5 Å². The number of alkyl halides is 9. The molecule has 1 fully saturated rings. The number of nitrogens with zero attached hydrogens (tertiary/aromatic N) is 3. The quantitative estimate of drug-likeness (QED) is 0.350. The number of carboxylic acid groups (broad SMARTS) is 3. The predicted octanol–water partition coefficient (Wildman–Crippen LogP) is 4.13. The lowest BCUT2D eigenvalue weighted by molar-refractivity contribution is -0.193. The zero-order valence-electron chi connectivity index (χ0n) is 21.6. The standard InChI is InChI=1S/C17H20N4O.3C2HF3O2/c1-2-9-21(8-1)16-6-4-13(12-19-16)15-5-3-14-11-18-7-10-22-17(14)20-15;3*3-2(4,5)1(6)7/h3-6,12,18H,1-2,7-11H2;3*(H,6,7). The average molecular weight is 638 g/mol. The summed E-state index contributed by atoms with van der Waals surface area (Å²) in [7, 11) is 0. The van der Waals surface area contributed by atoms with Crippen LogP contribution in [0.25, 0.3) is 11.3 Å². The third kappa shape index (κ3) is 13.4. The van der Waals surface area contributed by atoms with Crippen molar-refractivity contribution in [2.75, 3.05) is 31.1 Å². The van der Waals surface area contributed by atoms with Crippen LogP contribution in [-0.4, -0.2) is 88.0 Å². The summed E-state index contributed by atoms with van der Waals surface area (Å²) in [6.45, 7) is 4.57. The van der Waals surface area contributed by atoms with Gasteiger partial charge in [0.05, 0.1) is 5.69 Å². The molecule has 2 aliphatic heterocycles. The third-order valence-electron chi connectivity index (χ3n) is 4.97. The molecule has 4 N–H and O–H groups in total. The van der Waals surface area contributed by atoms with E-state index in [1.807, 2.05) is 12.3 Å². The lowest BCUT2D eigenvalue weighted by atomic mass is 10.1. The second-order valence-electron chi connectivity index (χ2n) is 8.19. The van der Waals surface area contributed by atoms with E-state index in [1.54, 1.807) is 0 Å². The Labute approximate surface area is 235 Å². The van der Waals surface area contributed by atoms with Crippen LogP contribution in [0.3, 0.4) is 0 Å². The van der Waals surface area contributed by atoms with Crippen LogP contribution in [0.5, 0.6) is 5.88 Å². The van der Waals surface area contributed by atoms with Gasteiger partial charge >= 0.3 is 36.4 Å². The molecule has 0 aliphatic carbocycles. The fraction of sp³-hybridized carbons (Fsp3) is 0.435. The van der Waals surface area contributed by atoms with Crippen LogP contribution < -0.4 is 15.0 Å². The molecular weight excluding hydrogens is 615 g/mol. The number of ether oxygens (including phenoxy) is 1. The topological polar surface area (TPSA) is 162 Å². The number of fused-ring (bicyclic) bond motifs is 1. The molecule has 0 saturated carbocycles. The van der Waals surface area contributed by atoms with Crippen molar-refractivity contribution in [3.63, 3.8) is 0 Å². The zero-order chi connectivity index (χ0) is 33.0. The number of rotatable bonds is 2. The highest BCUT2D eigenvalue weighted by Crippen LogP contribution is 2.26. The van der Waals surface area contributed by atoms with Crippen LogP contribution in [0.4, 0.5) is 45.3 Å². The van der Waals surface area contributed by atoms with Crippen molar-refractivity contribution < 1.29 is 74.0 Å². The van der Waals surface area contributed by atoms with Gasteiger partial charge in [-0.15, -0.1) is 0 Å². The first-order valence-electron chi connectivity index (χ1n) is 11.7. The predicted molar refractivity (Wildman–Crippen MR) is 127 cm³/mol. The number of carboxylic acids is 3. The van der Waals surface area contributed by atoms with Gasteiger partial charge in [0.2, 0.25) is 5.88 Å². The van der Waals surface area contributed by atoms with Gasteiger partial charge < -0.3 is 30.3 Å². The Kier molecular flexibility index (Phi) is 13.4. The smallest absolute Gasteiger partial charge is 0.476 e. The molecule has 2 aliphatic rings. The van der Waals surface area contributed by atoms with Crippen molar-refractivity contribution in [3.8, 4) is 17.1 Å². The number of aromatic nitrogens is 2. The second-order valence-corrected chi connectivity index (χ2v) is 8.19. The molecule has 0 unspecified atom stereocenters. The van der Waals surface area contributed by atoms with Crippen LogP contribution in [-0.2, 0) is 20.9 Å². The van der Waals surface area contributed by atoms with E-state index in [0.717, 1.165) is 54.7 Å². The Morgan fingerprint density at radius 1 is 0.791 bits per heavy atom. The SMILES string of the molecule is O=C(O)C(F)(F)F.O=C(O)C(F)(F)F.O=C(O)C(F)(F)F.c1cc(N2CCCC2)ncc1-c1ccc2c(n1)OCCNC2. The molecule has 0 aromatic carbocycles. The van der Waals surface area contributed by atoms with Gasteiger partial charge in [-0.05, 0) is 31.0 Å². The monoisotopic (exact) mass is 638 g/mol. The molecule has 4 rings (SSSR count). The molecule has 1 saturated heterocycles. The van der Waals surface area contributed by atoms with Gasteiger partial charge in [0.1, 0.15) is 12.4 Å². The normalized spacial score (nSPS) is 14.6. The molecule has 0 radical (unpaired) electrons. The van der Waals surface area contributed by atoms with Crippen molar-refractivity contribution >= 4 is 23.7 Å². The number of hydrogen-bond donors (Lipinski definition) is 4. The summed E-state index contributed by atoms with van der Waals surface area (Å²) < 4.78 is 101. The van der Waals surface area contributed by atoms with E-state index < -0.39 is 36.4 Å². The van der Waals surface area contributed by atoms with Crippen molar-refractivity contribution in [2.24, 2.45) is 0 Å². The fourth-order valence-electron chi connectivity index (χ4n) is 3.00. The number of pyridine rings is 2. The largest absolute Gasteiger partial charge is 0.490 e. The lowest BCUT2D eigenvalue weighted by Crippen LogP contribution is -2.21. The second kappa shape index (κ2) is 15.8. The van der Waals surface area contributed by atoms with E-state index in [0.29, 0.717) is 6.61 Å². The van der Waals surface area contributed by atoms with E-state index in [1.165, 1.54) is 12.8 Å². The van der Waals surface area contributed by atoms with Crippen LogP contribution in [0.1, 0.15) is 18.4 Å². The van der Waals surface area contributed by atoms with E-state index in [2.05, 4.69) is 38.4 Å². The van der Waals surface area contributed by atoms with E-state index >= 15 is 0 Å². The zero-order valence-corrected chi connectivity index (χ0v) is 21.6. The first-order chi connectivity index (χ1) is 19.7. The molecule has 43 heavy (non-hydrogen) atoms. The van der Waals surface area contributed by atoms with Crippen molar-refractivity contribution in [2.45, 2.75) is 37.9 Å². The minimum atomic E-state index is -5.08. The highest BCUT2D eigenvalue weighted by atomic mass is 19.4. The number of aliphatic carboxylic acids is 3. The van der Waals surface area contributed by atoms with Crippen molar-refractivity contribution in [3.05, 3.63) is 36.0 Å². The molecule has 240 valence electrons. The number of nitrogens with one attached hydrogen (secondary N) is 1. The number of carbonyl (C=O) groups is 3. The first kappa shape index (κ1) is 36.7. The summed E-state index contributed by atoms with van der Waals surface area (Å²) in [5.74, 6) is -6.46. The summed E-state index contributed by atoms with van der Waals surface area (Å²) in [4.78, 5) is 38.3. The maximum absolute atomic E-state index is 10.6. The summed E-state index contributed by atoms with van der Waals surface area (Å²) in [6.07, 6.45) is -10.8. The molecule has 4 heterocycles. The summed E-state index contributed by atoms with van der Waals surface area (Å²) >= 11 is 0. The highest BCUT2D eigenvalue weighted by Gasteiger charge is 2.39. The highest BCUT2D eigenvalue weighted by molar-refractivity contribution is 5.73. The van der Waals surface area contributed by atoms with Gasteiger partial charge in [0.15, 0.2) is 0 Å². The Bertz CT molecular complexity index is 1160. The Morgan fingerprint density at radius 2 is 1.28 bits per heavy atom. The number of anilines is 1. The first-order valence-corrected chi connectivity index (χ1v) is 11.7. The maximum atomic E-state index is 10.6. The Morgan fingerprint density at radius 3 is 1.70 bits per heavy atom. The molecule has 0 amide bonds. The molecular formula is C23H23F9N4O7. The Balaban J connectivity index is 0.000000363. The number of hydrogen-bond acceptors (Lipinski definition) is 8. The summed E-state index contributed by atoms with van der Waals surface area (Å²) in [5, 5.41) is 24.7. The fourth-order valence-corrected chi connectivity index (χ4v) is 3.00. The van der Waals surface area contributed by atoms with Gasteiger partial charge in [-0.2, -0.15) is 39.5 Å². The molecule has 20 heteroatoms.